The predicted molar refractivity (Wildman–Crippen MR) is 94.9 cm³/mol. The average molecular weight is 388 g/mol. The van der Waals surface area contributed by atoms with Gasteiger partial charge in [0.1, 0.15) is 16.4 Å². The van der Waals surface area contributed by atoms with Crippen LogP contribution in [0.3, 0.4) is 0 Å². The third-order valence-corrected chi connectivity index (χ3v) is 6.70. The lowest BCUT2D eigenvalue weighted by Gasteiger charge is -2.18. The van der Waals surface area contributed by atoms with E-state index in [1.807, 2.05) is 32.0 Å². The number of ether oxygens (including phenoxy) is 2. The van der Waals surface area contributed by atoms with E-state index < -0.39 is 10.0 Å². The first kappa shape index (κ1) is 17.5. The maximum Gasteiger partial charge on any atom is 0.250 e. The average Bonchev–Trinajstić information content (AvgIpc) is 3.06. The van der Waals surface area contributed by atoms with Crippen LogP contribution in [0.1, 0.15) is 19.4 Å². The summed E-state index contributed by atoms with van der Waals surface area (Å²) in [5, 5.41) is 0. The van der Waals surface area contributed by atoms with Crippen LogP contribution in [0.5, 0.6) is 11.5 Å². The molecule has 0 atom stereocenters. The Labute approximate surface area is 150 Å². The van der Waals surface area contributed by atoms with Gasteiger partial charge in [0.25, 0.3) is 0 Å². The molecule has 8 heteroatoms. The van der Waals surface area contributed by atoms with Gasteiger partial charge in [-0.25, -0.2) is 13.1 Å². The van der Waals surface area contributed by atoms with Gasteiger partial charge in [-0.1, -0.05) is 23.7 Å². The number of thiophene rings is 1. The maximum atomic E-state index is 12.1. The molecule has 1 aromatic carbocycles. The van der Waals surface area contributed by atoms with Crippen molar-refractivity contribution >= 4 is 33.0 Å². The number of rotatable bonds is 6. The molecule has 3 rings (SSSR count). The molecular formula is C16H18ClNO4S2. The second kappa shape index (κ2) is 6.55. The highest BCUT2D eigenvalue weighted by molar-refractivity contribution is 7.91. The van der Waals surface area contributed by atoms with Crippen LogP contribution in [0.15, 0.2) is 34.5 Å². The van der Waals surface area contributed by atoms with E-state index >= 15 is 0 Å². The molecule has 1 aliphatic rings. The first-order valence-corrected chi connectivity index (χ1v) is 10.1. The van der Waals surface area contributed by atoms with Crippen LogP contribution in [0, 0.1) is 0 Å². The molecule has 0 saturated heterocycles. The van der Waals surface area contributed by atoms with Crippen LogP contribution >= 0.6 is 22.9 Å². The third kappa shape index (κ3) is 3.85. The van der Waals surface area contributed by atoms with E-state index in [-0.39, 0.29) is 23.0 Å². The second-order valence-corrected chi connectivity index (χ2v) is 9.80. The van der Waals surface area contributed by atoms with Crippen molar-refractivity contribution in [3.63, 3.8) is 0 Å². The number of nitrogens with one attached hydrogen (secondary N) is 1. The molecular weight excluding hydrogens is 370 g/mol. The van der Waals surface area contributed by atoms with E-state index in [1.165, 1.54) is 6.07 Å². The number of benzene rings is 1. The van der Waals surface area contributed by atoms with Crippen LogP contribution < -0.4 is 14.2 Å². The largest absolute Gasteiger partial charge is 0.488 e. The van der Waals surface area contributed by atoms with Gasteiger partial charge in [-0.15, -0.1) is 11.3 Å². The molecule has 0 radical (unpaired) electrons. The molecule has 1 aliphatic heterocycles. The van der Waals surface area contributed by atoms with E-state index in [9.17, 15) is 8.42 Å². The van der Waals surface area contributed by atoms with Gasteiger partial charge < -0.3 is 9.47 Å². The minimum atomic E-state index is -3.55. The fourth-order valence-electron chi connectivity index (χ4n) is 2.55. The third-order valence-electron chi connectivity index (χ3n) is 3.52. The number of hydrogen-bond acceptors (Lipinski definition) is 5. The first-order chi connectivity index (χ1) is 11.3. The fraction of sp³-hybridized carbons (Fsp3) is 0.375. The molecule has 2 heterocycles. The van der Waals surface area contributed by atoms with Crippen LogP contribution in [-0.4, -0.2) is 27.2 Å². The summed E-state index contributed by atoms with van der Waals surface area (Å²) >= 11 is 6.79. The minimum Gasteiger partial charge on any atom is -0.488 e. The Morgan fingerprint density at radius 2 is 2.12 bits per heavy atom. The van der Waals surface area contributed by atoms with Crippen molar-refractivity contribution in [2.24, 2.45) is 0 Å². The van der Waals surface area contributed by atoms with Gasteiger partial charge in [0.2, 0.25) is 10.0 Å². The molecule has 1 N–H and O–H groups in total. The van der Waals surface area contributed by atoms with Crippen molar-refractivity contribution in [3.8, 4) is 11.5 Å². The summed E-state index contributed by atoms with van der Waals surface area (Å²) in [7, 11) is -3.55. The lowest BCUT2D eigenvalue weighted by atomic mass is 10.0. The van der Waals surface area contributed by atoms with Crippen LogP contribution in [0.2, 0.25) is 4.34 Å². The summed E-state index contributed by atoms with van der Waals surface area (Å²) in [6, 6.07) is 8.80. The Morgan fingerprint density at radius 3 is 2.83 bits per heavy atom. The topological polar surface area (TPSA) is 64.6 Å². The summed E-state index contributed by atoms with van der Waals surface area (Å²) in [5.41, 5.74) is 0.855. The zero-order valence-corrected chi connectivity index (χ0v) is 15.7. The van der Waals surface area contributed by atoms with Gasteiger partial charge in [0.15, 0.2) is 11.5 Å². The molecule has 0 aliphatic carbocycles. The summed E-state index contributed by atoms with van der Waals surface area (Å²) in [6.07, 6.45) is 0.825. The van der Waals surface area contributed by atoms with Crippen molar-refractivity contribution in [2.75, 3.05) is 13.2 Å². The van der Waals surface area contributed by atoms with E-state index in [2.05, 4.69) is 4.72 Å². The summed E-state index contributed by atoms with van der Waals surface area (Å²) < 4.78 is 38.9. The van der Waals surface area contributed by atoms with Gasteiger partial charge >= 0.3 is 0 Å². The molecule has 0 unspecified atom stereocenters. The number of fused-ring (bicyclic) bond motifs is 1. The highest BCUT2D eigenvalue weighted by Crippen LogP contribution is 2.41. The normalized spacial score (nSPS) is 15.8. The van der Waals surface area contributed by atoms with Crippen molar-refractivity contribution in [1.29, 1.82) is 0 Å². The molecule has 0 spiro atoms. The zero-order chi connectivity index (χ0) is 17.4. The van der Waals surface area contributed by atoms with Gasteiger partial charge in [-0.3, -0.25) is 0 Å². The maximum absolute atomic E-state index is 12.1. The molecule has 5 nitrogen and oxygen atoms in total. The van der Waals surface area contributed by atoms with Crippen LogP contribution in [-0.2, 0) is 16.4 Å². The molecule has 0 fully saturated rings. The van der Waals surface area contributed by atoms with Crippen LogP contribution in [0.4, 0.5) is 0 Å². The summed E-state index contributed by atoms with van der Waals surface area (Å²) in [5.74, 6) is 1.38. The highest BCUT2D eigenvalue weighted by atomic mass is 35.5. The number of sulfonamides is 1. The molecule has 0 saturated carbocycles. The van der Waals surface area contributed by atoms with Crippen molar-refractivity contribution < 1.29 is 17.9 Å². The molecule has 0 bridgehead atoms. The van der Waals surface area contributed by atoms with E-state index in [0.717, 1.165) is 29.1 Å². The number of halogens is 1. The Bertz CT molecular complexity index is 846. The van der Waals surface area contributed by atoms with Gasteiger partial charge in [-0.2, -0.15) is 0 Å². The summed E-state index contributed by atoms with van der Waals surface area (Å²) in [4.78, 5) is 0. The Kier molecular flexibility index (Phi) is 4.79. The monoisotopic (exact) mass is 387 g/mol. The van der Waals surface area contributed by atoms with E-state index in [4.69, 9.17) is 21.1 Å². The van der Waals surface area contributed by atoms with Crippen molar-refractivity contribution in [2.45, 2.75) is 30.1 Å². The standard InChI is InChI=1S/C16H18ClNO4S2/c1-16(2)10-11-4-3-5-12(15(11)22-16)21-9-8-18-24(19,20)14-7-6-13(17)23-14/h3-7,18H,8-10H2,1-2H3. The fourth-order valence-corrected chi connectivity index (χ4v) is 5.09. The molecule has 2 aromatic rings. The zero-order valence-electron chi connectivity index (χ0n) is 13.3. The first-order valence-electron chi connectivity index (χ1n) is 7.46. The highest BCUT2D eigenvalue weighted by Gasteiger charge is 2.32. The lowest BCUT2D eigenvalue weighted by molar-refractivity contribution is 0.132. The van der Waals surface area contributed by atoms with Gasteiger partial charge in [0, 0.05) is 18.5 Å². The smallest absolute Gasteiger partial charge is 0.250 e. The van der Waals surface area contributed by atoms with Crippen LogP contribution in [0.25, 0.3) is 0 Å². The minimum absolute atomic E-state index is 0.158. The summed E-state index contributed by atoms with van der Waals surface area (Å²) in [6.45, 7) is 4.41. The molecule has 0 amide bonds. The Morgan fingerprint density at radius 1 is 1.33 bits per heavy atom. The molecule has 1 aromatic heterocycles. The lowest BCUT2D eigenvalue weighted by Crippen LogP contribution is -2.28. The predicted octanol–water partition coefficient (Wildman–Crippen LogP) is 3.47. The number of para-hydroxylation sites is 1. The Balaban J connectivity index is 1.58. The van der Waals surface area contributed by atoms with Gasteiger partial charge in [-0.05, 0) is 32.0 Å². The van der Waals surface area contributed by atoms with E-state index in [1.54, 1.807) is 6.07 Å². The molecule has 130 valence electrons. The molecule has 24 heavy (non-hydrogen) atoms. The van der Waals surface area contributed by atoms with Crippen molar-refractivity contribution in [3.05, 3.63) is 40.2 Å². The SMILES string of the molecule is CC1(C)Cc2cccc(OCCNS(=O)(=O)c3ccc(Cl)s3)c2O1. The van der Waals surface area contributed by atoms with E-state index in [0.29, 0.717) is 10.1 Å². The van der Waals surface area contributed by atoms with Crippen molar-refractivity contribution in [1.82, 2.24) is 4.72 Å². The number of hydrogen-bond donors (Lipinski definition) is 1. The Hall–Kier alpha value is -1.28. The van der Waals surface area contributed by atoms with Gasteiger partial charge in [0.05, 0.1) is 4.34 Å². The second-order valence-electron chi connectivity index (χ2n) is 6.09. The quantitative estimate of drug-likeness (QED) is 0.771.